The Morgan fingerprint density at radius 2 is 2.10 bits per heavy atom. The van der Waals surface area contributed by atoms with Gasteiger partial charge in [0.25, 0.3) is 0 Å². The van der Waals surface area contributed by atoms with Gasteiger partial charge in [-0.3, -0.25) is 4.79 Å². The maximum Gasteiger partial charge on any atom is 0.228 e. The van der Waals surface area contributed by atoms with Crippen LogP contribution in [0.4, 0.5) is 0 Å². The van der Waals surface area contributed by atoms with Crippen molar-refractivity contribution in [1.29, 1.82) is 0 Å². The largest absolute Gasteiger partial charge is 0.339 e. The molecule has 2 nitrogen and oxygen atoms in total. The molecule has 0 heterocycles. The van der Waals surface area contributed by atoms with Crippen LogP contribution < -0.4 is 0 Å². The molecule has 20 heavy (non-hydrogen) atoms. The van der Waals surface area contributed by atoms with Crippen molar-refractivity contribution in [2.45, 2.75) is 59.8 Å². The Morgan fingerprint density at radius 1 is 1.35 bits per heavy atom. The van der Waals surface area contributed by atoms with E-state index in [1.54, 1.807) is 0 Å². The fourth-order valence-corrected chi connectivity index (χ4v) is 2.47. The van der Waals surface area contributed by atoms with E-state index < -0.39 is 0 Å². The molecule has 0 spiro atoms. The van der Waals surface area contributed by atoms with Gasteiger partial charge in [0.2, 0.25) is 5.91 Å². The number of allylic oxidation sites excluding steroid dienone is 3. The van der Waals surface area contributed by atoms with Crippen molar-refractivity contribution >= 4 is 5.91 Å². The second kappa shape index (κ2) is 8.28. The average molecular weight is 277 g/mol. The van der Waals surface area contributed by atoms with Gasteiger partial charge in [0.05, 0.1) is 0 Å². The lowest BCUT2D eigenvalue weighted by molar-refractivity contribution is -0.139. The Morgan fingerprint density at radius 3 is 2.65 bits per heavy atom. The van der Waals surface area contributed by atoms with E-state index >= 15 is 0 Å². The molecule has 1 unspecified atom stereocenters. The molecule has 0 saturated carbocycles. The highest BCUT2D eigenvalue weighted by Crippen LogP contribution is 2.20. The van der Waals surface area contributed by atoms with Crippen molar-refractivity contribution in [3.05, 3.63) is 24.3 Å². The van der Waals surface area contributed by atoms with Crippen molar-refractivity contribution in [2.24, 2.45) is 11.3 Å². The van der Waals surface area contributed by atoms with Crippen LogP contribution in [0.3, 0.4) is 0 Å². The van der Waals surface area contributed by atoms with Gasteiger partial charge in [-0.2, -0.15) is 0 Å². The summed E-state index contributed by atoms with van der Waals surface area (Å²) in [6.45, 7) is 9.82. The molecule has 114 valence electrons. The predicted octanol–water partition coefficient (Wildman–Crippen LogP) is 4.57. The van der Waals surface area contributed by atoms with Crippen LogP contribution >= 0.6 is 0 Å². The molecule has 2 heteroatoms. The lowest BCUT2D eigenvalue weighted by Gasteiger charge is -2.28. The Bertz CT molecular complexity index is 349. The van der Waals surface area contributed by atoms with Crippen LogP contribution in [0.2, 0.25) is 0 Å². The third-order valence-corrected chi connectivity index (χ3v) is 3.75. The van der Waals surface area contributed by atoms with Crippen LogP contribution in [0.5, 0.6) is 0 Å². The summed E-state index contributed by atoms with van der Waals surface area (Å²) in [4.78, 5) is 14.4. The van der Waals surface area contributed by atoms with Crippen molar-refractivity contribution in [3.63, 3.8) is 0 Å². The number of hydrogen-bond acceptors (Lipinski definition) is 1. The van der Waals surface area contributed by atoms with Gasteiger partial charge in [0.15, 0.2) is 0 Å². The third kappa shape index (κ3) is 5.94. The second-order valence-corrected chi connectivity index (χ2v) is 6.83. The molecule has 1 amide bonds. The minimum absolute atomic E-state index is 0.263. The molecular weight excluding hydrogens is 246 g/mol. The zero-order valence-electron chi connectivity index (χ0n) is 13.7. The molecule has 0 N–H and O–H groups in total. The van der Waals surface area contributed by atoms with Gasteiger partial charge in [-0.15, -0.1) is 0 Å². The minimum Gasteiger partial charge on any atom is -0.339 e. The number of amides is 1. The normalized spacial score (nSPS) is 19.5. The number of hydrogen-bond donors (Lipinski definition) is 0. The molecular formula is C18H31NO. The fourth-order valence-electron chi connectivity index (χ4n) is 2.47. The van der Waals surface area contributed by atoms with Gasteiger partial charge in [-0.1, -0.05) is 58.4 Å². The molecule has 0 fully saturated rings. The number of rotatable bonds is 6. The molecule has 1 aliphatic carbocycles. The smallest absolute Gasteiger partial charge is 0.228 e. The highest BCUT2D eigenvalue weighted by molar-refractivity contribution is 5.81. The van der Waals surface area contributed by atoms with Crippen LogP contribution in [0, 0.1) is 11.3 Å². The van der Waals surface area contributed by atoms with E-state index in [0.29, 0.717) is 5.92 Å². The van der Waals surface area contributed by atoms with Gasteiger partial charge >= 0.3 is 0 Å². The Kier molecular flexibility index (Phi) is 7.04. The van der Waals surface area contributed by atoms with Crippen LogP contribution in [-0.4, -0.2) is 23.9 Å². The van der Waals surface area contributed by atoms with E-state index in [4.69, 9.17) is 0 Å². The number of nitrogens with zero attached hydrogens (tertiary/aromatic N) is 1. The summed E-state index contributed by atoms with van der Waals surface area (Å²) in [5.74, 6) is 0.928. The summed E-state index contributed by atoms with van der Waals surface area (Å²) < 4.78 is 0. The molecule has 1 rings (SSSR count). The maximum atomic E-state index is 12.4. The molecule has 0 aromatic heterocycles. The lowest BCUT2D eigenvalue weighted by Crippen LogP contribution is -2.40. The van der Waals surface area contributed by atoms with E-state index in [0.717, 1.165) is 32.4 Å². The molecule has 0 saturated heterocycles. The summed E-state index contributed by atoms with van der Waals surface area (Å²) in [6.07, 6.45) is 14.8. The minimum atomic E-state index is -0.283. The molecule has 0 bridgehead atoms. The average Bonchev–Trinajstić information content (AvgIpc) is 2.42. The summed E-state index contributed by atoms with van der Waals surface area (Å²) in [6, 6.07) is 0. The molecule has 1 aliphatic rings. The second-order valence-electron chi connectivity index (χ2n) is 6.83. The molecule has 0 aromatic carbocycles. The lowest BCUT2D eigenvalue weighted by atomic mass is 9.93. The number of unbranched alkanes of at least 4 members (excludes halogenated alkanes) is 1. The first kappa shape index (κ1) is 17.0. The highest BCUT2D eigenvalue weighted by atomic mass is 16.2. The van der Waals surface area contributed by atoms with Crippen LogP contribution in [0.15, 0.2) is 24.3 Å². The fraction of sp³-hybridized carbons (Fsp3) is 0.722. The van der Waals surface area contributed by atoms with Crippen molar-refractivity contribution < 1.29 is 4.79 Å². The van der Waals surface area contributed by atoms with Gasteiger partial charge in [0, 0.05) is 18.5 Å². The van der Waals surface area contributed by atoms with Crippen LogP contribution in [-0.2, 0) is 4.79 Å². The highest BCUT2D eigenvalue weighted by Gasteiger charge is 2.26. The summed E-state index contributed by atoms with van der Waals surface area (Å²) in [5, 5.41) is 0. The molecule has 0 aliphatic heterocycles. The summed E-state index contributed by atoms with van der Waals surface area (Å²) >= 11 is 0. The maximum absolute atomic E-state index is 12.4. The zero-order chi connectivity index (χ0) is 15.0. The van der Waals surface area contributed by atoms with Crippen molar-refractivity contribution in [3.8, 4) is 0 Å². The Balaban J connectivity index is 2.53. The SMILES string of the molecule is CCCCN(CC=CC1CC=CCC1)C(=O)C(C)(C)C. The number of carbonyl (C=O) groups excluding carboxylic acids is 1. The van der Waals surface area contributed by atoms with E-state index in [-0.39, 0.29) is 11.3 Å². The number of carbonyl (C=O) groups is 1. The quantitative estimate of drug-likeness (QED) is 0.651. The standard InChI is InChI=1S/C18H31NO/c1-5-6-14-19(17(20)18(2,3)4)15-10-13-16-11-8-7-9-12-16/h7-8,10,13,16H,5-6,9,11-12,14-15H2,1-4H3. The van der Waals surface area contributed by atoms with Gasteiger partial charge in [0.1, 0.15) is 0 Å². The van der Waals surface area contributed by atoms with Gasteiger partial charge in [-0.05, 0) is 31.6 Å². The van der Waals surface area contributed by atoms with E-state index in [1.807, 2.05) is 25.7 Å². The van der Waals surface area contributed by atoms with E-state index in [9.17, 15) is 4.79 Å². The summed E-state index contributed by atoms with van der Waals surface area (Å²) in [5.41, 5.74) is -0.283. The zero-order valence-corrected chi connectivity index (χ0v) is 13.7. The van der Waals surface area contributed by atoms with E-state index in [2.05, 4.69) is 31.2 Å². The molecule has 0 aromatic rings. The monoisotopic (exact) mass is 277 g/mol. The van der Waals surface area contributed by atoms with Crippen molar-refractivity contribution in [1.82, 2.24) is 4.90 Å². The first-order valence-corrected chi connectivity index (χ1v) is 8.06. The molecule has 0 radical (unpaired) electrons. The van der Waals surface area contributed by atoms with Gasteiger partial charge < -0.3 is 4.90 Å². The topological polar surface area (TPSA) is 20.3 Å². The Labute approximate surface area is 124 Å². The van der Waals surface area contributed by atoms with Crippen molar-refractivity contribution in [2.75, 3.05) is 13.1 Å². The van der Waals surface area contributed by atoms with Gasteiger partial charge in [-0.25, -0.2) is 0 Å². The Hall–Kier alpha value is -1.05. The van der Waals surface area contributed by atoms with Crippen LogP contribution in [0.1, 0.15) is 59.8 Å². The van der Waals surface area contributed by atoms with E-state index in [1.165, 1.54) is 12.8 Å². The van der Waals surface area contributed by atoms with Crippen LogP contribution in [0.25, 0.3) is 0 Å². The first-order chi connectivity index (χ1) is 9.45. The first-order valence-electron chi connectivity index (χ1n) is 8.06. The third-order valence-electron chi connectivity index (χ3n) is 3.75. The molecule has 1 atom stereocenters. The predicted molar refractivity (Wildman–Crippen MR) is 86.6 cm³/mol. The summed E-state index contributed by atoms with van der Waals surface area (Å²) in [7, 11) is 0.